The van der Waals surface area contributed by atoms with Crippen molar-refractivity contribution in [1.29, 1.82) is 0 Å². The first kappa shape index (κ1) is 24.4. The van der Waals surface area contributed by atoms with E-state index in [-0.39, 0.29) is 11.8 Å². The van der Waals surface area contributed by atoms with Crippen LogP contribution >= 0.6 is 0 Å². The number of hydrogen-bond acceptors (Lipinski definition) is 4. The summed E-state index contributed by atoms with van der Waals surface area (Å²) in [6.07, 6.45) is 1.37. The minimum absolute atomic E-state index is 0.346. The predicted octanol–water partition coefficient (Wildman–Crippen LogP) is 4.26. The van der Waals surface area contributed by atoms with Crippen molar-refractivity contribution in [2.45, 2.75) is 32.1 Å². The smallest absolute Gasteiger partial charge is 0.265 e. The number of fused-ring (bicyclic) bond motifs is 3. The summed E-state index contributed by atoms with van der Waals surface area (Å²) < 4.78 is 0. The Morgan fingerprint density at radius 3 is 1.35 bits per heavy atom. The minimum atomic E-state index is -0.537. The fourth-order valence-corrected chi connectivity index (χ4v) is 5.50. The SMILES string of the molecule is Cc1ccc(CC2(Cc3ccc(C)cc3)c3cc(C(=O)NN)ccc3-c3ccc(C(=O)NN)cc32)cc1. The van der Waals surface area contributed by atoms with E-state index in [0.717, 1.165) is 22.3 Å². The fraction of sp³-hybridized carbons (Fsp3) is 0.161. The van der Waals surface area contributed by atoms with Crippen LogP contribution in [0.1, 0.15) is 54.1 Å². The summed E-state index contributed by atoms with van der Waals surface area (Å²) in [5.41, 5.74) is 13.8. The lowest BCUT2D eigenvalue weighted by Gasteiger charge is -2.33. The number of rotatable bonds is 6. The van der Waals surface area contributed by atoms with Gasteiger partial charge in [-0.3, -0.25) is 20.4 Å². The Balaban J connectivity index is 1.79. The third-order valence-electron chi connectivity index (χ3n) is 7.40. The van der Waals surface area contributed by atoms with Gasteiger partial charge >= 0.3 is 0 Å². The van der Waals surface area contributed by atoms with Gasteiger partial charge in [0.25, 0.3) is 11.8 Å². The molecule has 2 amide bonds. The first-order valence-electron chi connectivity index (χ1n) is 12.3. The summed E-state index contributed by atoms with van der Waals surface area (Å²) in [4.78, 5) is 25.1. The largest absolute Gasteiger partial charge is 0.290 e. The highest BCUT2D eigenvalue weighted by Gasteiger charge is 2.44. The molecule has 0 atom stereocenters. The number of aryl methyl sites for hydroxylation is 2. The van der Waals surface area contributed by atoms with Crippen LogP contribution in [0.4, 0.5) is 0 Å². The molecule has 1 aliphatic carbocycles. The zero-order valence-electron chi connectivity index (χ0n) is 21.0. The van der Waals surface area contributed by atoms with Gasteiger partial charge < -0.3 is 0 Å². The lowest BCUT2D eigenvalue weighted by Crippen LogP contribution is -2.34. The third kappa shape index (κ3) is 4.42. The quantitative estimate of drug-likeness (QED) is 0.184. The zero-order valence-corrected chi connectivity index (χ0v) is 21.0. The molecule has 0 bridgehead atoms. The summed E-state index contributed by atoms with van der Waals surface area (Å²) in [5.74, 6) is 10.3. The Bertz CT molecular complexity index is 1380. The van der Waals surface area contributed by atoms with Gasteiger partial charge in [-0.1, -0.05) is 71.8 Å². The van der Waals surface area contributed by atoms with E-state index in [1.54, 1.807) is 12.1 Å². The van der Waals surface area contributed by atoms with Gasteiger partial charge in [-0.15, -0.1) is 0 Å². The monoisotopic (exact) mass is 490 g/mol. The van der Waals surface area contributed by atoms with Gasteiger partial charge in [0.05, 0.1) is 0 Å². The lowest BCUT2D eigenvalue weighted by atomic mass is 9.69. The van der Waals surface area contributed by atoms with Crippen LogP contribution in [0.25, 0.3) is 11.1 Å². The molecule has 0 heterocycles. The predicted molar refractivity (Wildman–Crippen MR) is 146 cm³/mol. The second-order valence-electron chi connectivity index (χ2n) is 9.87. The van der Waals surface area contributed by atoms with Crippen molar-refractivity contribution in [2.24, 2.45) is 11.7 Å². The highest BCUT2D eigenvalue weighted by molar-refractivity contribution is 5.98. The molecular weight excluding hydrogens is 460 g/mol. The van der Waals surface area contributed by atoms with Crippen LogP contribution in [0.2, 0.25) is 0 Å². The number of nitrogens with one attached hydrogen (secondary N) is 2. The van der Waals surface area contributed by atoms with E-state index >= 15 is 0 Å². The Morgan fingerprint density at radius 1 is 0.622 bits per heavy atom. The second kappa shape index (κ2) is 9.65. The highest BCUT2D eigenvalue weighted by Crippen LogP contribution is 2.53. The molecule has 4 aromatic carbocycles. The highest BCUT2D eigenvalue weighted by atomic mass is 16.2. The van der Waals surface area contributed by atoms with E-state index in [4.69, 9.17) is 11.7 Å². The van der Waals surface area contributed by atoms with Crippen LogP contribution in [0.3, 0.4) is 0 Å². The number of nitrogens with two attached hydrogens (primary N) is 2. The van der Waals surface area contributed by atoms with E-state index in [9.17, 15) is 9.59 Å². The van der Waals surface area contributed by atoms with E-state index in [1.165, 1.54) is 22.3 Å². The first-order chi connectivity index (χ1) is 17.8. The number of hydrogen-bond donors (Lipinski definition) is 4. The molecule has 0 unspecified atom stereocenters. The Labute approximate surface area is 216 Å². The maximum atomic E-state index is 12.6. The molecule has 0 fully saturated rings. The zero-order chi connectivity index (χ0) is 26.2. The number of benzene rings is 4. The molecule has 5 rings (SSSR count). The number of carbonyl (C=O) groups excluding carboxylic acids is 2. The Hall–Kier alpha value is -4.26. The summed E-state index contributed by atoms with van der Waals surface area (Å²) in [7, 11) is 0. The van der Waals surface area contributed by atoms with Gasteiger partial charge in [-0.05, 0) is 84.3 Å². The summed E-state index contributed by atoms with van der Waals surface area (Å²) in [6, 6.07) is 28.5. The molecule has 0 spiro atoms. The lowest BCUT2D eigenvalue weighted by molar-refractivity contribution is 0.0945. The number of nitrogen functional groups attached to an aromatic ring is 2. The van der Waals surface area contributed by atoms with Crippen molar-refractivity contribution < 1.29 is 9.59 Å². The van der Waals surface area contributed by atoms with Gasteiger partial charge in [0.2, 0.25) is 0 Å². The summed E-state index contributed by atoms with van der Waals surface area (Å²) in [5, 5.41) is 0. The summed E-state index contributed by atoms with van der Waals surface area (Å²) in [6.45, 7) is 4.14. The molecule has 6 nitrogen and oxygen atoms in total. The van der Waals surface area contributed by atoms with Crippen molar-refractivity contribution in [3.05, 3.63) is 129 Å². The van der Waals surface area contributed by atoms with Crippen molar-refractivity contribution in [1.82, 2.24) is 10.9 Å². The van der Waals surface area contributed by atoms with E-state index < -0.39 is 5.41 Å². The maximum Gasteiger partial charge on any atom is 0.265 e. The van der Waals surface area contributed by atoms with Crippen LogP contribution in [-0.2, 0) is 18.3 Å². The average molecular weight is 491 g/mol. The Morgan fingerprint density at radius 2 is 1.00 bits per heavy atom. The van der Waals surface area contributed by atoms with Crippen LogP contribution < -0.4 is 22.5 Å². The molecule has 186 valence electrons. The number of carbonyl (C=O) groups is 2. The van der Waals surface area contributed by atoms with Crippen LogP contribution in [-0.4, -0.2) is 11.8 Å². The average Bonchev–Trinajstić information content (AvgIpc) is 3.18. The van der Waals surface area contributed by atoms with Gasteiger partial charge in [0.1, 0.15) is 0 Å². The molecular formula is C31H30N4O2. The molecule has 6 heteroatoms. The van der Waals surface area contributed by atoms with Crippen molar-refractivity contribution in [3.8, 4) is 11.1 Å². The number of hydrazine groups is 2. The van der Waals surface area contributed by atoms with E-state index in [2.05, 4.69) is 73.2 Å². The minimum Gasteiger partial charge on any atom is -0.290 e. The molecule has 6 N–H and O–H groups in total. The third-order valence-corrected chi connectivity index (χ3v) is 7.40. The van der Waals surface area contributed by atoms with Crippen LogP contribution in [0.5, 0.6) is 0 Å². The molecule has 0 radical (unpaired) electrons. The molecule has 0 aromatic heterocycles. The van der Waals surface area contributed by atoms with Crippen molar-refractivity contribution >= 4 is 11.8 Å². The first-order valence-corrected chi connectivity index (χ1v) is 12.3. The standard InChI is InChI=1S/C31H30N4O2/c1-19-3-7-21(8-4-19)17-31(18-22-9-5-20(2)6-10-22)27-15-23(29(36)34-32)11-13-25(27)26-14-12-24(16-28(26)31)30(37)35-33/h3-16H,17-18,32-33H2,1-2H3,(H,34,36)(H,35,37). The molecule has 0 saturated carbocycles. The van der Waals surface area contributed by atoms with Crippen molar-refractivity contribution in [3.63, 3.8) is 0 Å². The Kier molecular flexibility index (Phi) is 6.38. The van der Waals surface area contributed by atoms with Gasteiger partial charge in [0.15, 0.2) is 0 Å². The number of amides is 2. The topological polar surface area (TPSA) is 110 Å². The van der Waals surface area contributed by atoms with Gasteiger partial charge in [0, 0.05) is 16.5 Å². The van der Waals surface area contributed by atoms with Gasteiger partial charge in [-0.25, -0.2) is 11.7 Å². The van der Waals surface area contributed by atoms with E-state index in [1.807, 2.05) is 24.3 Å². The van der Waals surface area contributed by atoms with Crippen LogP contribution in [0.15, 0.2) is 84.9 Å². The van der Waals surface area contributed by atoms with Crippen molar-refractivity contribution in [2.75, 3.05) is 0 Å². The normalized spacial score (nSPS) is 13.0. The molecule has 0 aliphatic heterocycles. The van der Waals surface area contributed by atoms with E-state index in [0.29, 0.717) is 24.0 Å². The maximum absolute atomic E-state index is 12.6. The second-order valence-corrected chi connectivity index (χ2v) is 9.87. The molecule has 4 aromatic rings. The summed E-state index contributed by atoms with van der Waals surface area (Å²) >= 11 is 0. The van der Waals surface area contributed by atoms with Gasteiger partial charge in [-0.2, -0.15) is 0 Å². The molecule has 1 aliphatic rings. The molecule has 37 heavy (non-hydrogen) atoms. The molecule has 0 saturated heterocycles. The van der Waals surface area contributed by atoms with Crippen LogP contribution in [0, 0.1) is 13.8 Å². The fourth-order valence-electron chi connectivity index (χ4n) is 5.50.